The number of carbonyl (C=O) groups excluding carboxylic acids is 2. The number of amides is 2. The van der Waals surface area contributed by atoms with Crippen LogP contribution in [0.3, 0.4) is 0 Å². The standard InChI is InChI=1S/C25H33Cl2N3O5S/c1-7-22(24(32)28-25(2,3)4)29(15-19-20(26)9-8-10-21(19)27)23(31)16-30(36(6,33)34)17-11-13-18(35-5)14-12-17/h8-14,22H,7,15-16H2,1-6H3,(H,28,32). The first-order valence-electron chi connectivity index (χ1n) is 11.3. The third kappa shape index (κ3) is 8.01. The highest BCUT2D eigenvalue weighted by Crippen LogP contribution is 2.28. The zero-order chi connectivity index (χ0) is 27.3. The van der Waals surface area contributed by atoms with Crippen molar-refractivity contribution in [3.8, 4) is 5.75 Å². The lowest BCUT2D eigenvalue weighted by Crippen LogP contribution is -2.55. The number of hydrogen-bond donors (Lipinski definition) is 1. The maximum atomic E-state index is 13.7. The van der Waals surface area contributed by atoms with E-state index >= 15 is 0 Å². The molecular weight excluding hydrogens is 525 g/mol. The largest absolute Gasteiger partial charge is 0.497 e. The third-order valence-corrected chi connectivity index (χ3v) is 7.16. The Bertz CT molecular complexity index is 1160. The van der Waals surface area contributed by atoms with E-state index in [0.29, 0.717) is 21.4 Å². The fourth-order valence-corrected chi connectivity index (χ4v) is 4.95. The average Bonchev–Trinajstić information content (AvgIpc) is 2.77. The number of sulfonamides is 1. The minimum Gasteiger partial charge on any atom is -0.497 e. The molecule has 0 aliphatic carbocycles. The topological polar surface area (TPSA) is 96.0 Å². The van der Waals surface area contributed by atoms with Gasteiger partial charge in [-0.05, 0) is 63.6 Å². The van der Waals surface area contributed by atoms with E-state index in [-0.39, 0.29) is 24.6 Å². The molecule has 1 atom stereocenters. The number of benzene rings is 2. The SMILES string of the molecule is CCC(C(=O)NC(C)(C)C)N(Cc1c(Cl)cccc1Cl)C(=O)CN(c1ccc(OC)cc1)S(C)(=O)=O. The first kappa shape index (κ1) is 29.7. The van der Waals surface area contributed by atoms with Crippen LogP contribution < -0.4 is 14.4 Å². The molecule has 0 saturated heterocycles. The predicted octanol–water partition coefficient (Wildman–Crippen LogP) is 4.49. The second-order valence-electron chi connectivity index (χ2n) is 9.35. The van der Waals surface area contributed by atoms with Gasteiger partial charge in [-0.15, -0.1) is 0 Å². The van der Waals surface area contributed by atoms with Gasteiger partial charge < -0.3 is 15.0 Å². The summed E-state index contributed by atoms with van der Waals surface area (Å²) >= 11 is 12.7. The van der Waals surface area contributed by atoms with Gasteiger partial charge in [0.05, 0.1) is 19.1 Å². The van der Waals surface area contributed by atoms with Crippen LogP contribution in [0.2, 0.25) is 10.0 Å². The highest BCUT2D eigenvalue weighted by molar-refractivity contribution is 7.92. The molecule has 11 heteroatoms. The second kappa shape index (κ2) is 12.2. The van der Waals surface area contributed by atoms with Crippen LogP contribution in [0, 0.1) is 0 Å². The third-order valence-electron chi connectivity index (χ3n) is 5.31. The summed E-state index contributed by atoms with van der Waals surface area (Å²) in [6.07, 6.45) is 1.31. The van der Waals surface area contributed by atoms with E-state index in [2.05, 4.69) is 5.32 Å². The summed E-state index contributed by atoms with van der Waals surface area (Å²) in [4.78, 5) is 28.3. The smallest absolute Gasteiger partial charge is 0.244 e. The van der Waals surface area contributed by atoms with Gasteiger partial charge in [0.2, 0.25) is 21.8 Å². The lowest BCUT2D eigenvalue weighted by molar-refractivity contribution is -0.141. The van der Waals surface area contributed by atoms with Crippen molar-refractivity contribution in [2.45, 2.75) is 52.2 Å². The number of nitrogens with zero attached hydrogens (tertiary/aromatic N) is 2. The lowest BCUT2D eigenvalue weighted by atomic mass is 10.1. The van der Waals surface area contributed by atoms with Crippen molar-refractivity contribution in [2.75, 3.05) is 24.2 Å². The van der Waals surface area contributed by atoms with Crippen molar-refractivity contribution < 1.29 is 22.7 Å². The fraction of sp³-hybridized carbons (Fsp3) is 0.440. The molecule has 2 aromatic carbocycles. The summed E-state index contributed by atoms with van der Waals surface area (Å²) < 4.78 is 31.5. The van der Waals surface area contributed by atoms with E-state index in [1.165, 1.54) is 12.0 Å². The van der Waals surface area contributed by atoms with Gasteiger partial charge >= 0.3 is 0 Å². The van der Waals surface area contributed by atoms with Crippen LogP contribution in [-0.2, 0) is 26.2 Å². The van der Waals surface area contributed by atoms with Crippen molar-refractivity contribution in [3.63, 3.8) is 0 Å². The summed E-state index contributed by atoms with van der Waals surface area (Å²) in [6.45, 7) is 6.69. The van der Waals surface area contributed by atoms with Crippen molar-refractivity contribution in [1.29, 1.82) is 0 Å². The van der Waals surface area contributed by atoms with Crippen molar-refractivity contribution >= 4 is 50.7 Å². The Morgan fingerprint density at radius 2 is 1.61 bits per heavy atom. The predicted molar refractivity (Wildman–Crippen MR) is 144 cm³/mol. The van der Waals surface area contributed by atoms with Gasteiger partial charge in [0, 0.05) is 27.7 Å². The number of ether oxygens (including phenoxy) is 1. The Labute approximate surface area is 223 Å². The van der Waals surface area contributed by atoms with Gasteiger partial charge in [0.15, 0.2) is 0 Å². The summed E-state index contributed by atoms with van der Waals surface area (Å²) in [5.74, 6) is -0.404. The van der Waals surface area contributed by atoms with Crippen molar-refractivity contribution in [2.24, 2.45) is 0 Å². The molecule has 0 fully saturated rings. The molecule has 0 bridgehead atoms. The first-order chi connectivity index (χ1) is 16.7. The van der Waals surface area contributed by atoms with Gasteiger partial charge in [-0.2, -0.15) is 0 Å². The van der Waals surface area contributed by atoms with Gasteiger partial charge in [0.25, 0.3) is 0 Å². The van der Waals surface area contributed by atoms with Crippen LogP contribution in [0.15, 0.2) is 42.5 Å². The Balaban J connectivity index is 2.51. The number of halogens is 2. The zero-order valence-electron chi connectivity index (χ0n) is 21.3. The van der Waals surface area contributed by atoms with Crippen LogP contribution >= 0.6 is 23.2 Å². The molecular formula is C25H33Cl2N3O5S. The number of anilines is 1. The van der Waals surface area contributed by atoms with Gasteiger partial charge in [-0.25, -0.2) is 8.42 Å². The van der Waals surface area contributed by atoms with Crippen molar-refractivity contribution in [1.82, 2.24) is 10.2 Å². The maximum absolute atomic E-state index is 13.7. The molecule has 0 aromatic heterocycles. The highest BCUT2D eigenvalue weighted by Gasteiger charge is 2.33. The molecule has 0 saturated carbocycles. The first-order valence-corrected chi connectivity index (χ1v) is 13.9. The molecule has 0 radical (unpaired) electrons. The van der Waals surface area contributed by atoms with E-state index in [1.54, 1.807) is 49.4 Å². The van der Waals surface area contributed by atoms with E-state index in [9.17, 15) is 18.0 Å². The zero-order valence-corrected chi connectivity index (χ0v) is 23.7. The quantitative estimate of drug-likeness (QED) is 0.464. The molecule has 0 spiro atoms. The number of nitrogens with one attached hydrogen (secondary N) is 1. The van der Waals surface area contributed by atoms with E-state index in [1.807, 2.05) is 20.8 Å². The van der Waals surface area contributed by atoms with E-state index in [0.717, 1.165) is 10.6 Å². The molecule has 2 amide bonds. The molecule has 2 aromatic rings. The van der Waals surface area contributed by atoms with Crippen LogP contribution in [0.4, 0.5) is 5.69 Å². The Morgan fingerprint density at radius 3 is 2.06 bits per heavy atom. The highest BCUT2D eigenvalue weighted by atomic mass is 35.5. The minimum absolute atomic E-state index is 0.0758. The molecule has 36 heavy (non-hydrogen) atoms. The molecule has 0 aliphatic rings. The molecule has 0 heterocycles. The van der Waals surface area contributed by atoms with Crippen LogP contribution in [0.25, 0.3) is 0 Å². The van der Waals surface area contributed by atoms with E-state index < -0.39 is 34.1 Å². The minimum atomic E-state index is -3.84. The Morgan fingerprint density at radius 1 is 1.06 bits per heavy atom. The Kier molecular flexibility index (Phi) is 10.0. The normalized spacial score (nSPS) is 12.6. The molecule has 2 rings (SSSR count). The summed E-state index contributed by atoms with van der Waals surface area (Å²) in [6, 6.07) is 10.4. The van der Waals surface area contributed by atoms with Crippen LogP contribution in [-0.4, -0.2) is 56.6 Å². The van der Waals surface area contributed by atoms with E-state index in [4.69, 9.17) is 27.9 Å². The van der Waals surface area contributed by atoms with Crippen molar-refractivity contribution in [3.05, 3.63) is 58.1 Å². The second-order valence-corrected chi connectivity index (χ2v) is 12.1. The number of rotatable bonds is 10. The number of carbonyl (C=O) groups is 2. The lowest BCUT2D eigenvalue weighted by Gasteiger charge is -2.34. The maximum Gasteiger partial charge on any atom is 0.244 e. The van der Waals surface area contributed by atoms with Gasteiger partial charge in [-0.3, -0.25) is 13.9 Å². The molecule has 1 unspecified atom stereocenters. The van der Waals surface area contributed by atoms with Gasteiger partial charge in [0.1, 0.15) is 18.3 Å². The van der Waals surface area contributed by atoms with Gasteiger partial charge in [-0.1, -0.05) is 36.2 Å². The molecule has 8 nitrogen and oxygen atoms in total. The van der Waals surface area contributed by atoms with Crippen LogP contribution in [0.1, 0.15) is 39.7 Å². The van der Waals surface area contributed by atoms with Crippen LogP contribution in [0.5, 0.6) is 5.75 Å². The summed E-state index contributed by atoms with van der Waals surface area (Å²) in [7, 11) is -2.35. The number of hydrogen-bond acceptors (Lipinski definition) is 5. The molecule has 0 aliphatic heterocycles. The summed E-state index contributed by atoms with van der Waals surface area (Å²) in [5, 5.41) is 3.57. The molecule has 1 N–H and O–H groups in total. The fourth-order valence-electron chi connectivity index (χ4n) is 3.59. The summed E-state index contributed by atoms with van der Waals surface area (Å²) in [5.41, 5.74) is 0.212. The monoisotopic (exact) mass is 557 g/mol. The number of methoxy groups -OCH3 is 1. The Hall–Kier alpha value is -2.49. The average molecular weight is 559 g/mol. The molecule has 198 valence electrons.